The van der Waals surface area contributed by atoms with E-state index in [2.05, 4.69) is 15.5 Å². The van der Waals surface area contributed by atoms with E-state index in [1.165, 1.54) is 18.7 Å². The van der Waals surface area contributed by atoms with Crippen molar-refractivity contribution in [3.63, 3.8) is 0 Å². The average molecular weight is 491 g/mol. The molecule has 0 spiro atoms. The number of rotatable bonds is 8. The van der Waals surface area contributed by atoms with Gasteiger partial charge in [-0.05, 0) is 48.9 Å². The molecule has 0 radical (unpaired) electrons. The molecule has 34 heavy (non-hydrogen) atoms. The number of amides is 1. The second kappa shape index (κ2) is 10.7. The van der Waals surface area contributed by atoms with Gasteiger partial charge in [0.1, 0.15) is 0 Å². The van der Waals surface area contributed by atoms with Gasteiger partial charge in [0, 0.05) is 23.7 Å². The lowest BCUT2D eigenvalue weighted by Gasteiger charge is -2.14. The van der Waals surface area contributed by atoms with Gasteiger partial charge in [0.25, 0.3) is 0 Å². The topological polar surface area (TPSA) is 76.9 Å². The molecule has 0 fully saturated rings. The number of carbonyl (C=O) groups excluding carboxylic acids is 2. The smallest absolute Gasteiger partial charge is 0.221 e. The summed E-state index contributed by atoms with van der Waals surface area (Å²) in [5.74, 6) is 0.458. The van der Waals surface area contributed by atoms with E-state index in [0.29, 0.717) is 33.8 Å². The Labute approximate surface area is 207 Å². The predicted octanol–water partition coefficient (Wildman–Crippen LogP) is 5.97. The molecule has 1 N–H and O–H groups in total. The number of benzene rings is 3. The molecule has 1 heterocycles. The highest BCUT2D eigenvalue weighted by Crippen LogP contribution is 2.32. The highest BCUT2D eigenvalue weighted by molar-refractivity contribution is 8.00. The summed E-state index contributed by atoms with van der Waals surface area (Å²) in [6.45, 7) is 3.84. The minimum Gasteiger partial charge on any atom is -0.326 e. The molecule has 172 valence electrons. The number of nitrogens with zero attached hydrogens (tertiary/aromatic N) is 3. The van der Waals surface area contributed by atoms with Gasteiger partial charge in [-0.2, -0.15) is 0 Å². The molecule has 6 nitrogen and oxygen atoms in total. The van der Waals surface area contributed by atoms with Crippen LogP contribution in [-0.4, -0.2) is 31.7 Å². The Hall–Kier alpha value is -3.42. The number of carbonyl (C=O) groups is 2. The molecule has 0 aliphatic carbocycles. The van der Waals surface area contributed by atoms with Gasteiger partial charge in [0.2, 0.25) is 5.91 Å². The Morgan fingerprint density at radius 2 is 1.65 bits per heavy atom. The van der Waals surface area contributed by atoms with E-state index < -0.39 is 5.25 Å². The van der Waals surface area contributed by atoms with Crippen LogP contribution >= 0.6 is 23.4 Å². The SMILES string of the molecule is CC(=O)Nc1ccc(C(=O)C(C)Sc2nnc(-c3ccccc3Cl)n2Cc2ccccc2)cc1. The van der Waals surface area contributed by atoms with Crippen LogP contribution < -0.4 is 5.32 Å². The summed E-state index contributed by atoms with van der Waals surface area (Å²) in [4.78, 5) is 24.3. The van der Waals surface area contributed by atoms with Gasteiger partial charge in [-0.1, -0.05) is 65.8 Å². The maximum atomic E-state index is 13.1. The molecule has 0 saturated heterocycles. The van der Waals surface area contributed by atoms with E-state index in [4.69, 9.17) is 11.6 Å². The van der Waals surface area contributed by atoms with E-state index >= 15 is 0 Å². The maximum absolute atomic E-state index is 13.1. The highest BCUT2D eigenvalue weighted by Gasteiger charge is 2.23. The summed E-state index contributed by atoms with van der Waals surface area (Å²) in [7, 11) is 0. The molecule has 3 aromatic carbocycles. The van der Waals surface area contributed by atoms with Gasteiger partial charge in [-0.15, -0.1) is 10.2 Å². The van der Waals surface area contributed by atoms with E-state index in [0.717, 1.165) is 11.1 Å². The van der Waals surface area contributed by atoms with Crippen molar-refractivity contribution >= 4 is 40.7 Å². The molecule has 4 aromatic rings. The van der Waals surface area contributed by atoms with Crippen LogP contribution in [0.1, 0.15) is 29.8 Å². The first kappa shape index (κ1) is 23.7. The fraction of sp³-hybridized carbons (Fsp3) is 0.154. The lowest BCUT2D eigenvalue weighted by molar-refractivity contribution is -0.114. The highest BCUT2D eigenvalue weighted by atomic mass is 35.5. The van der Waals surface area contributed by atoms with Crippen LogP contribution in [0.4, 0.5) is 5.69 Å². The fourth-order valence-corrected chi connectivity index (χ4v) is 4.64. The van der Waals surface area contributed by atoms with Crippen LogP contribution in [0.25, 0.3) is 11.4 Å². The van der Waals surface area contributed by atoms with Crippen molar-refractivity contribution in [2.24, 2.45) is 0 Å². The van der Waals surface area contributed by atoms with Crippen molar-refractivity contribution in [2.75, 3.05) is 5.32 Å². The molecule has 8 heteroatoms. The van der Waals surface area contributed by atoms with Crippen LogP contribution in [-0.2, 0) is 11.3 Å². The molecule has 0 bridgehead atoms. The first-order valence-electron chi connectivity index (χ1n) is 10.7. The van der Waals surface area contributed by atoms with Crippen LogP contribution in [0, 0.1) is 0 Å². The third-order valence-corrected chi connectivity index (χ3v) is 6.57. The van der Waals surface area contributed by atoms with E-state index in [1.54, 1.807) is 24.3 Å². The monoisotopic (exact) mass is 490 g/mol. The number of ketones is 1. The Balaban J connectivity index is 1.61. The number of aromatic nitrogens is 3. The molecular weight excluding hydrogens is 468 g/mol. The van der Waals surface area contributed by atoms with Gasteiger partial charge in [-0.3, -0.25) is 14.2 Å². The Kier molecular flexibility index (Phi) is 7.45. The number of anilines is 1. The molecule has 1 aromatic heterocycles. The lowest BCUT2D eigenvalue weighted by atomic mass is 10.1. The Morgan fingerprint density at radius 3 is 2.32 bits per heavy atom. The molecule has 0 aliphatic heterocycles. The van der Waals surface area contributed by atoms with Crippen LogP contribution in [0.3, 0.4) is 0 Å². The van der Waals surface area contributed by atoms with Crippen LogP contribution in [0.5, 0.6) is 0 Å². The maximum Gasteiger partial charge on any atom is 0.221 e. The van der Waals surface area contributed by atoms with E-state index in [-0.39, 0.29) is 11.7 Å². The molecule has 1 atom stereocenters. The summed E-state index contributed by atoms with van der Waals surface area (Å²) in [6.07, 6.45) is 0. The first-order valence-corrected chi connectivity index (χ1v) is 12.0. The number of thioether (sulfide) groups is 1. The standard InChI is InChI=1S/C26H23ClN4O2S/c1-17(24(33)20-12-14-21(15-13-20)28-18(2)32)34-26-30-29-25(22-10-6-7-11-23(22)27)31(26)16-19-8-4-3-5-9-19/h3-15,17H,16H2,1-2H3,(H,28,32). The summed E-state index contributed by atoms with van der Waals surface area (Å²) >= 11 is 7.81. The van der Waals surface area contributed by atoms with Crippen molar-refractivity contribution in [3.8, 4) is 11.4 Å². The molecule has 0 aliphatic rings. The van der Waals surface area contributed by atoms with Gasteiger partial charge >= 0.3 is 0 Å². The van der Waals surface area contributed by atoms with E-state index in [1.807, 2.05) is 66.1 Å². The normalized spacial score (nSPS) is 11.7. The molecule has 1 amide bonds. The predicted molar refractivity (Wildman–Crippen MR) is 136 cm³/mol. The van der Waals surface area contributed by atoms with Crippen LogP contribution in [0.15, 0.2) is 84.0 Å². The van der Waals surface area contributed by atoms with Crippen molar-refractivity contribution in [3.05, 3.63) is 95.0 Å². The minimum atomic E-state index is -0.399. The number of Topliss-reactive ketones (excluding diaryl/α,β-unsaturated/α-hetero) is 1. The molecule has 1 unspecified atom stereocenters. The lowest BCUT2D eigenvalue weighted by Crippen LogP contribution is -2.15. The van der Waals surface area contributed by atoms with Gasteiger partial charge in [0.15, 0.2) is 16.8 Å². The Morgan fingerprint density at radius 1 is 0.971 bits per heavy atom. The summed E-state index contributed by atoms with van der Waals surface area (Å²) < 4.78 is 1.99. The van der Waals surface area contributed by atoms with Crippen molar-refractivity contribution in [1.29, 1.82) is 0 Å². The summed E-state index contributed by atoms with van der Waals surface area (Å²) in [5, 5.41) is 12.4. The molecule has 0 saturated carbocycles. The fourth-order valence-electron chi connectivity index (χ4n) is 3.49. The second-order valence-corrected chi connectivity index (χ2v) is 9.46. The molecule has 4 rings (SSSR count). The largest absolute Gasteiger partial charge is 0.326 e. The van der Waals surface area contributed by atoms with Crippen molar-refractivity contribution in [1.82, 2.24) is 14.8 Å². The number of hydrogen-bond donors (Lipinski definition) is 1. The first-order chi connectivity index (χ1) is 16.4. The quantitative estimate of drug-likeness (QED) is 0.243. The van der Waals surface area contributed by atoms with Gasteiger partial charge in [-0.25, -0.2) is 0 Å². The average Bonchev–Trinajstić information content (AvgIpc) is 3.21. The summed E-state index contributed by atoms with van der Waals surface area (Å²) in [6, 6.07) is 24.4. The minimum absolute atomic E-state index is 0.0343. The Bertz CT molecular complexity index is 1310. The van der Waals surface area contributed by atoms with Crippen molar-refractivity contribution < 1.29 is 9.59 Å². The zero-order valence-corrected chi connectivity index (χ0v) is 20.3. The van der Waals surface area contributed by atoms with E-state index in [9.17, 15) is 9.59 Å². The third-order valence-electron chi connectivity index (χ3n) is 5.16. The molecular formula is C26H23ClN4O2S. The second-order valence-electron chi connectivity index (χ2n) is 7.74. The van der Waals surface area contributed by atoms with Gasteiger partial charge < -0.3 is 5.32 Å². The number of nitrogens with one attached hydrogen (secondary N) is 1. The van der Waals surface area contributed by atoms with Crippen LogP contribution in [0.2, 0.25) is 5.02 Å². The third kappa shape index (κ3) is 5.55. The number of halogens is 1. The zero-order valence-electron chi connectivity index (χ0n) is 18.7. The van der Waals surface area contributed by atoms with Gasteiger partial charge in [0.05, 0.1) is 16.8 Å². The van der Waals surface area contributed by atoms with Crippen molar-refractivity contribution in [2.45, 2.75) is 30.8 Å². The number of hydrogen-bond acceptors (Lipinski definition) is 5. The summed E-state index contributed by atoms with van der Waals surface area (Å²) in [5.41, 5.74) is 3.09. The zero-order chi connectivity index (χ0) is 24.1.